The van der Waals surface area contributed by atoms with Crippen molar-refractivity contribution in [2.75, 3.05) is 11.9 Å². The highest BCUT2D eigenvalue weighted by Gasteiger charge is 2.35. The molecule has 16 heavy (non-hydrogen) atoms. The molecule has 4 heteroatoms. The highest BCUT2D eigenvalue weighted by Crippen LogP contribution is 2.38. The molecule has 1 aliphatic heterocycles. The Labute approximate surface area is 94.1 Å². The van der Waals surface area contributed by atoms with Crippen LogP contribution >= 0.6 is 0 Å². The molecule has 1 aromatic rings. The summed E-state index contributed by atoms with van der Waals surface area (Å²) in [6.07, 6.45) is 1.11. The number of aromatic nitrogens is 1. The average molecular weight is 226 g/mol. The van der Waals surface area contributed by atoms with Crippen molar-refractivity contribution in [2.45, 2.75) is 38.5 Å². The van der Waals surface area contributed by atoms with Gasteiger partial charge in [0.15, 0.2) is 0 Å². The molecule has 0 saturated carbocycles. The van der Waals surface area contributed by atoms with E-state index < -0.39 is 5.92 Å². The van der Waals surface area contributed by atoms with Gasteiger partial charge in [0, 0.05) is 30.1 Å². The fourth-order valence-corrected chi connectivity index (χ4v) is 1.94. The van der Waals surface area contributed by atoms with Crippen molar-refractivity contribution in [3.8, 4) is 0 Å². The molecule has 0 radical (unpaired) electrons. The molecule has 0 atom stereocenters. The Hall–Kier alpha value is -1.19. The van der Waals surface area contributed by atoms with Crippen molar-refractivity contribution in [1.82, 2.24) is 4.98 Å². The van der Waals surface area contributed by atoms with Crippen molar-refractivity contribution >= 4 is 5.69 Å². The second-order valence-electron chi connectivity index (χ2n) is 4.92. The van der Waals surface area contributed by atoms with Gasteiger partial charge in [0.25, 0.3) is 5.92 Å². The minimum atomic E-state index is -2.78. The first-order valence-electron chi connectivity index (χ1n) is 5.49. The van der Waals surface area contributed by atoms with Crippen molar-refractivity contribution in [3.05, 3.63) is 23.5 Å². The maximum Gasteiger partial charge on any atom is 0.274 e. The minimum Gasteiger partial charge on any atom is -0.383 e. The van der Waals surface area contributed by atoms with E-state index in [1.807, 2.05) is 0 Å². The van der Waals surface area contributed by atoms with E-state index in [0.717, 1.165) is 17.9 Å². The summed E-state index contributed by atoms with van der Waals surface area (Å²) < 4.78 is 27.0. The van der Waals surface area contributed by atoms with Crippen LogP contribution in [0.5, 0.6) is 0 Å². The molecule has 0 saturated heterocycles. The summed E-state index contributed by atoms with van der Waals surface area (Å²) in [6.45, 7) is 6.33. The van der Waals surface area contributed by atoms with Gasteiger partial charge in [-0.25, -0.2) is 8.78 Å². The largest absolute Gasteiger partial charge is 0.383 e. The second kappa shape index (κ2) is 3.40. The Morgan fingerprint density at radius 2 is 2.19 bits per heavy atom. The molecule has 2 nitrogen and oxygen atoms in total. The van der Waals surface area contributed by atoms with Gasteiger partial charge in [-0.05, 0) is 6.07 Å². The van der Waals surface area contributed by atoms with Gasteiger partial charge in [-0.3, -0.25) is 4.98 Å². The monoisotopic (exact) mass is 226 g/mol. The summed E-state index contributed by atoms with van der Waals surface area (Å²) in [4.78, 5) is 4.18. The molecule has 2 rings (SSSR count). The highest BCUT2D eigenvalue weighted by molar-refractivity contribution is 5.58. The summed E-state index contributed by atoms with van der Waals surface area (Å²) in [7, 11) is 0. The number of anilines is 1. The van der Waals surface area contributed by atoms with E-state index in [2.05, 4.69) is 24.1 Å². The number of alkyl halides is 2. The number of fused-ring (bicyclic) bond motifs is 1. The first-order chi connectivity index (χ1) is 7.37. The van der Waals surface area contributed by atoms with E-state index >= 15 is 0 Å². The molecule has 0 aliphatic carbocycles. The molecular formula is C12H16F2N2. The first-order valence-corrected chi connectivity index (χ1v) is 5.49. The van der Waals surface area contributed by atoms with Gasteiger partial charge in [0.05, 0.1) is 11.4 Å². The van der Waals surface area contributed by atoms with Crippen LogP contribution in [0.2, 0.25) is 0 Å². The van der Waals surface area contributed by atoms with Crippen LogP contribution in [0.3, 0.4) is 0 Å². The Bertz CT molecular complexity index is 413. The van der Waals surface area contributed by atoms with E-state index in [9.17, 15) is 8.78 Å². The van der Waals surface area contributed by atoms with Crippen LogP contribution in [-0.2, 0) is 11.3 Å². The lowest BCUT2D eigenvalue weighted by Gasteiger charge is -2.17. The summed E-state index contributed by atoms with van der Waals surface area (Å²) in [5, 5.41) is 3.13. The van der Waals surface area contributed by atoms with E-state index in [1.54, 1.807) is 0 Å². The van der Waals surface area contributed by atoms with Crippen LogP contribution in [0.25, 0.3) is 0 Å². The number of hydrogen-bond acceptors (Lipinski definition) is 2. The zero-order valence-corrected chi connectivity index (χ0v) is 9.77. The summed E-state index contributed by atoms with van der Waals surface area (Å²) >= 11 is 0. The summed E-state index contributed by atoms with van der Waals surface area (Å²) in [6, 6.07) is 1.53. The Morgan fingerprint density at radius 1 is 1.50 bits per heavy atom. The fraction of sp³-hybridized carbons (Fsp3) is 0.583. The maximum absolute atomic E-state index is 13.5. The van der Waals surface area contributed by atoms with Crippen LogP contribution in [0.15, 0.2) is 12.3 Å². The normalized spacial score (nSPS) is 18.1. The van der Waals surface area contributed by atoms with Crippen LogP contribution in [0, 0.1) is 0 Å². The quantitative estimate of drug-likeness (QED) is 0.837. The predicted molar refractivity (Wildman–Crippen MR) is 59.9 cm³/mol. The van der Waals surface area contributed by atoms with E-state index in [0.29, 0.717) is 0 Å². The number of nitrogens with one attached hydrogen (secondary N) is 1. The number of rotatable bonds is 2. The molecule has 1 N–H and O–H groups in total. The third-order valence-corrected chi connectivity index (χ3v) is 3.12. The van der Waals surface area contributed by atoms with Crippen LogP contribution in [0.4, 0.5) is 14.5 Å². The topological polar surface area (TPSA) is 24.9 Å². The van der Waals surface area contributed by atoms with Crippen LogP contribution in [-0.4, -0.2) is 11.5 Å². The van der Waals surface area contributed by atoms with Crippen molar-refractivity contribution < 1.29 is 8.78 Å². The van der Waals surface area contributed by atoms with Crippen LogP contribution in [0.1, 0.15) is 38.4 Å². The molecule has 88 valence electrons. The second-order valence-corrected chi connectivity index (χ2v) is 4.92. The van der Waals surface area contributed by atoms with E-state index in [1.165, 1.54) is 19.2 Å². The molecule has 0 spiro atoms. The van der Waals surface area contributed by atoms with E-state index in [4.69, 9.17) is 0 Å². The smallest absolute Gasteiger partial charge is 0.274 e. The zero-order chi connectivity index (χ0) is 12.0. The lowest BCUT2D eigenvalue weighted by molar-refractivity contribution is -0.00858. The van der Waals surface area contributed by atoms with Gasteiger partial charge in [-0.2, -0.15) is 0 Å². The molecule has 0 unspecified atom stereocenters. The number of nitrogens with zero attached hydrogens (tertiary/aromatic N) is 1. The number of pyridine rings is 1. The molecular weight excluding hydrogens is 210 g/mol. The average Bonchev–Trinajstić information content (AvgIpc) is 2.55. The standard InChI is InChI=1S/C12H16F2N2/c1-4-12(13,14)8-5-9-10(15-6-8)11(2,3)7-16-9/h5-6,16H,4,7H2,1-3H3. The Kier molecular flexibility index (Phi) is 2.40. The molecule has 1 aliphatic rings. The zero-order valence-electron chi connectivity index (χ0n) is 9.77. The molecule has 0 aromatic carbocycles. The fourth-order valence-electron chi connectivity index (χ4n) is 1.94. The highest BCUT2D eigenvalue weighted by atomic mass is 19.3. The first kappa shape index (κ1) is 11.3. The summed E-state index contributed by atoms with van der Waals surface area (Å²) in [5.74, 6) is -2.78. The Balaban J connectivity index is 2.43. The third kappa shape index (κ3) is 1.66. The molecule has 0 amide bonds. The van der Waals surface area contributed by atoms with Crippen molar-refractivity contribution in [2.24, 2.45) is 0 Å². The molecule has 1 aromatic heterocycles. The van der Waals surface area contributed by atoms with Gasteiger partial charge in [0.1, 0.15) is 0 Å². The van der Waals surface area contributed by atoms with Crippen LogP contribution < -0.4 is 5.32 Å². The van der Waals surface area contributed by atoms with Gasteiger partial charge >= 0.3 is 0 Å². The lowest BCUT2D eigenvalue weighted by Crippen LogP contribution is -2.20. The van der Waals surface area contributed by atoms with E-state index in [-0.39, 0.29) is 17.4 Å². The number of halogens is 2. The molecule has 0 bridgehead atoms. The van der Waals surface area contributed by atoms with Gasteiger partial charge in [-0.1, -0.05) is 20.8 Å². The van der Waals surface area contributed by atoms with Crippen molar-refractivity contribution in [1.29, 1.82) is 0 Å². The Morgan fingerprint density at radius 3 is 2.81 bits per heavy atom. The van der Waals surface area contributed by atoms with Gasteiger partial charge < -0.3 is 5.32 Å². The van der Waals surface area contributed by atoms with Crippen molar-refractivity contribution in [3.63, 3.8) is 0 Å². The molecule has 0 fully saturated rings. The summed E-state index contributed by atoms with van der Waals surface area (Å²) in [5.41, 5.74) is 1.55. The minimum absolute atomic E-state index is 0.000972. The maximum atomic E-state index is 13.5. The predicted octanol–water partition coefficient (Wildman–Crippen LogP) is 3.29. The molecule has 2 heterocycles. The third-order valence-electron chi connectivity index (χ3n) is 3.12. The SMILES string of the molecule is CCC(F)(F)c1cnc2c(c1)NCC2(C)C. The van der Waals surface area contributed by atoms with Gasteiger partial charge in [0.2, 0.25) is 0 Å². The lowest BCUT2D eigenvalue weighted by atomic mass is 9.91. The number of hydrogen-bond donors (Lipinski definition) is 1. The van der Waals surface area contributed by atoms with Gasteiger partial charge in [-0.15, -0.1) is 0 Å².